The van der Waals surface area contributed by atoms with Gasteiger partial charge in [0.25, 0.3) is 0 Å². The molecule has 1 fully saturated rings. The van der Waals surface area contributed by atoms with Crippen LogP contribution < -0.4 is 5.32 Å². The third-order valence-electron chi connectivity index (χ3n) is 3.86. The molecule has 0 saturated heterocycles. The molecule has 120 valence electrons. The average molecular weight is 333 g/mol. The molecule has 3 nitrogen and oxygen atoms in total. The number of halogens is 2. The van der Waals surface area contributed by atoms with Gasteiger partial charge in [0.1, 0.15) is 5.82 Å². The topological polar surface area (TPSA) is 32.3 Å². The molecule has 3 rings (SSSR count). The average Bonchev–Trinajstić information content (AvgIpc) is 3.36. The lowest BCUT2D eigenvalue weighted by Crippen LogP contribution is -2.34. The van der Waals surface area contributed by atoms with Crippen LogP contribution in [0.15, 0.2) is 48.5 Å². The highest BCUT2D eigenvalue weighted by atomic mass is 35.5. The van der Waals surface area contributed by atoms with E-state index in [1.54, 1.807) is 18.2 Å². The summed E-state index contributed by atoms with van der Waals surface area (Å²) < 4.78 is 13.6. The second-order valence-corrected chi connectivity index (χ2v) is 6.23. The fourth-order valence-corrected chi connectivity index (χ4v) is 2.64. The molecule has 0 aliphatic heterocycles. The zero-order chi connectivity index (χ0) is 16.2. The molecule has 1 amide bonds. The van der Waals surface area contributed by atoms with Crippen molar-refractivity contribution >= 4 is 23.2 Å². The van der Waals surface area contributed by atoms with Gasteiger partial charge < -0.3 is 5.32 Å². The fourth-order valence-electron chi connectivity index (χ4n) is 2.51. The van der Waals surface area contributed by atoms with Crippen LogP contribution in [0.4, 0.5) is 10.1 Å². The Balaban J connectivity index is 1.62. The van der Waals surface area contributed by atoms with Gasteiger partial charge in [-0.15, -0.1) is 0 Å². The number of carbonyl (C=O) groups is 1. The van der Waals surface area contributed by atoms with Crippen LogP contribution in [0.3, 0.4) is 0 Å². The summed E-state index contributed by atoms with van der Waals surface area (Å²) in [4.78, 5) is 14.3. The minimum absolute atomic E-state index is 0.198. The lowest BCUT2D eigenvalue weighted by atomic mass is 10.2. The highest BCUT2D eigenvalue weighted by Gasteiger charge is 2.30. The van der Waals surface area contributed by atoms with Crippen LogP contribution in [0.25, 0.3) is 0 Å². The van der Waals surface area contributed by atoms with Gasteiger partial charge in [0.15, 0.2) is 0 Å². The van der Waals surface area contributed by atoms with E-state index >= 15 is 0 Å². The second-order valence-electron chi connectivity index (χ2n) is 5.79. The summed E-state index contributed by atoms with van der Waals surface area (Å²) in [6.07, 6.45) is 2.20. The number of hydrogen-bond donors (Lipinski definition) is 1. The number of benzene rings is 2. The summed E-state index contributed by atoms with van der Waals surface area (Å²) in [5, 5.41) is 3.34. The number of carbonyl (C=O) groups excluding carboxylic acids is 1. The predicted molar refractivity (Wildman–Crippen MR) is 89.9 cm³/mol. The van der Waals surface area contributed by atoms with E-state index in [9.17, 15) is 9.18 Å². The van der Waals surface area contributed by atoms with Crippen LogP contribution in [-0.4, -0.2) is 23.4 Å². The van der Waals surface area contributed by atoms with Crippen molar-refractivity contribution in [3.05, 3.63) is 64.9 Å². The van der Waals surface area contributed by atoms with Crippen LogP contribution in [0.5, 0.6) is 0 Å². The maximum absolute atomic E-state index is 13.6. The van der Waals surface area contributed by atoms with E-state index in [4.69, 9.17) is 11.6 Å². The van der Waals surface area contributed by atoms with Crippen LogP contribution in [0.1, 0.15) is 18.4 Å². The van der Waals surface area contributed by atoms with Crippen molar-refractivity contribution in [2.24, 2.45) is 0 Å². The van der Waals surface area contributed by atoms with Gasteiger partial charge in [-0.1, -0.05) is 35.9 Å². The molecule has 0 aromatic heterocycles. The summed E-state index contributed by atoms with van der Waals surface area (Å²) in [7, 11) is 0. The molecule has 0 spiro atoms. The summed E-state index contributed by atoms with van der Waals surface area (Å²) in [6, 6.07) is 14.3. The summed E-state index contributed by atoms with van der Waals surface area (Å²) in [5.74, 6) is -0.618. The van der Waals surface area contributed by atoms with Gasteiger partial charge in [0, 0.05) is 17.6 Å². The smallest absolute Gasteiger partial charge is 0.238 e. The van der Waals surface area contributed by atoms with Crippen LogP contribution >= 0.6 is 11.6 Å². The molecule has 2 aromatic rings. The van der Waals surface area contributed by atoms with Gasteiger partial charge in [-0.2, -0.15) is 0 Å². The van der Waals surface area contributed by atoms with E-state index in [0.717, 1.165) is 18.4 Å². The molecule has 23 heavy (non-hydrogen) atoms. The first-order chi connectivity index (χ1) is 11.1. The Bertz CT molecular complexity index is 686. The van der Waals surface area contributed by atoms with Crippen LogP contribution in [0, 0.1) is 5.82 Å². The molecule has 5 heteroatoms. The molecule has 0 unspecified atom stereocenters. The first-order valence-electron chi connectivity index (χ1n) is 7.65. The van der Waals surface area contributed by atoms with E-state index in [-0.39, 0.29) is 18.1 Å². The van der Waals surface area contributed by atoms with Crippen molar-refractivity contribution in [2.75, 3.05) is 11.9 Å². The molecule has 0 atom stereocenters. The lowest BCUT2D eigenvalue weighted by Gasteiger charge is -2.21. The maximum atomic E-state index is 13.6. The van der Waals surface area contributed by atoms with Crippen molar-refractivity contribution in [3.8, 4) is 0 Å². The number of amides is 1. The number of hydrogen-bond acceptors (Lipinski definition) is 2. The molecule has 1 N–H and O–H groups in total. The van der Waals surface area contributed by atoms with Gasteiger partial charge in [-0.3, -0.25) is 9.69 Å². The number of nitrogens with one attached hydrogen (secondary N) is 1. The van der Waals surface area contributed by atoms with E-state index in [1.807, 2.05) is 24.3 Å². The molecule has 2 aromatic carbocycles. The van der Waals surface area contributed by atoms with Crippen LogP contribution in [-0.2, 0) is 11.3 Å². The predicted octanol–water partition coefficient (Wildman–Crippen LogP) is 4.08. The number of nitrogens with zero attached hydrogens (tertiary/aromatic N) is 1. The Kier molecular flexibility index (Phi) is 4.94. The Morgan fingerprint density at radius 1 is 1.17 bits per heavy atom. The summed E-state index contributed by atoms with van der Waals surface area (Å²) >= 11 is 5.90. The zero-order valence-electron chi connectivity index (χ0n) is 12.6. The van der Waals surface area contributed by atoms with E-state index in [1.165, 1.54) is 6.07 Å². The molecule has 1 aliphatic carbocycles. The molecular weight excluding hydrogens is 315 g/mol. The number of para-hydroxylation sites is 1. The number of anilines is 1. The largest absolute Gasteiger partial charge is 0.322 e. The molecule has 0 radical (unpaired) electrons. The Morgan fingerprint density at radius 3 is 2.52 bits per heavy atom. The third kappa shape index (κ3) is 4.53. The highest BCUT2D eigenvalue weighted by Crippen LogP contribution is 2.28. The Morgan fingerprint density at radius 2 is 1.87 bits per heavy atom. The van der Waals surface area contributed by atoms with Crippen molar-refractivity contribution < 1.29 is 9.18 Å². The molecule has 1 aliphatic rings. The molecule has 0 heterocycles. The van der Waals surface area contributed by atoms with E-state index in [2.05, 4.69) is 10.2 Å². The van der Waals surface area contributed by atoms with Gasteiger partial charge in [-0.25, -0.2) is 4.39 Å². The first-order valence-corrected chi connectivity index (χ1v) is 8.02. The van der Waals surface area contributed by atoms with E-state index in [0.29, 0.717) is 17.6 Å². The van der Waals surface area contributed by atoms with Crippen molar-refractivity contribution in [1.29, 1.82) is 0 Å². The van der Waals surface area contributed by atoms with Gasteiger partial charge in [0.05, 0.1) is 12.2 Å². The van der Waals surface area contributed by atoms with Gasteiger partial charge >= 0.3 is 0 Å². The maximum Gasteiger partial charge on any atom is 0.238 e. The Hall–Kier alpha value is -1.91. The van der Waals surface area contributed by atoms with E-state index < -0.39 is 5.82 Å². The normalized spacial score (nSPS) is 14.0. The van der Waals surface area contributed by atoms with Crippen molar-refractivity contribution in [3.63, 3.8) is 0 Å². The molecule has 1 saturated carbocycles. The second kappa shape index (κ2) is 7.11. The van der Waals surface area contributed by atoms with Crippen LogP contribution in [0.2, 0.25) is 5.02 Å². The molecular formula is C18H18ClFN2O. The fraction of sp³-hybridized carbons (Fsp3) is 0.278. The third-order valence-corrected chi connectivity index (χ3v) is 4.11. The SMILES string of the molecule is O=C(CN(Cc1ccc(Cl)cc1)C1CC1)Nc1ccccc1F. The van der Waals surface area contributed by atoms with Crippen molar-refractivity contribution in [2.45, 2.75) is 25.4 Å². The lowest BCUT2D eigenvalue weighted by molar-refractivity contribution is -0.117. The summed E-state index contributed by atoms with van der Waals surface area (Å²) in [6.45, 7) is 0.939. The quantitative estimate of drug-likeness (QED) is 0.864. The Labute approximate surface area is 140 Å². The zero-order valence-corrected chi connectivity index (χ0v) is 13.4. The highest BCUT2D eigenvalue weighted by molar-refractivity contribution is 6.30. The molecule has 0 bridgehead atoms. The van der Waals surface area contributed by atoms with Gasteiger partial charge in [0.2, 0.25) is 5.91 Å². The standard InChI is InChI=1S/C18H18ClFN2O/c19-14-7-5-13(6-8-14)11-22(15-9-10-15)12-18(23)21-17-4-2-1-3-16(17)20/h1-8,15H,9-12H2,(H,21,23). The number of rotatable bonds is 6. The minimum atomic E-state index is -0.420. The summed E-state index contributed by atoms with van der Waals surface area (Å²) in [5.41, 5.74) is 1.33. The monoisotopic (exact) mass is 332 g/mol. The minimum Gasteiger partial charge on any atom is -0.322 e. The van der Waals surface area contributed by atoms with Crippen molar-refractivity contribution in [1.82, 2.24) is 4.90 Å². The van der Waals surface area contributed by atoms with Gasteiger partial charge in [-0.05, 0) is 42.7 Å². The first kappa shape index (κ1) is 16.0.